The van der Waals surface area contributed by atoms with Crippen molar-refractivity contribution in [3.63, 3.8) is 0 Å². The maximum absolute atomic E-state index is 12.7. The number of fused-ring (bicyclic) bond motifs is 3. The molecule has 1 aliphatic carbocycles. The van der Waals surface area contributed by atoms with Gasteiger partial charge in [-0.1, -0.05) is 76.2 Å². The van der Waals surface area contributed by atoms with Gasteiger partial charge in [0.2, 0.25) is 5.91 Å². The van der Waals surface area contributed by atoms with Crippen molar-refractivity contribution in [3.05, 3.63) is 59.7 Å². The highest BCUT2D eigenvalue weighted by atomic mass is 16.5. The third-order valence-corrected chi connectivity index (χ3v) is 5.98. The van der Waals surface area contributed by atoms with Gasteiger partial charge in [0.15, 0.2) is 0 Å². The number of carboxylic acid groups (broad SMARTS) is 1. The molecule has 7 heteroatoms. The molecule has 0 bridgehead atoms. The molecule has 0 fully saturated rings. The second-order valence-corrected chi connectivity index (χ2v) is 10.2. The quantitative estimate of drug-likeness (QED) is 0.503. The van der Waals surface area contributed by atoms with Gasteiger partial charge < -0.3 is 20.5 Å². The first-order valence-electron chi connectivity index (χ1n) is 11.7. The van der Waals surface area contributed by atoms with Crippen LogP contribution >= 0.6 is 0 Å². The van der Waals surface area contributed by atoms with Gasteiger partial charge in [-0.25, -0.2) is 4.79 Å². The third kappa shape index (κ3) is 6.59. The number of carbonyl (C=O) groups excluding carboxylic acids is 2. The molecule has 3 rings (SSSR count). The molecule has 2 aromatic carbocycles. The van der Waals surface area contributed by atoms with Gasteiger partial charge in [-0.05, 0) is 34.1 Å². The molecule has 34 heavy (non-hydrogen) atoms. The van der Waals surface area contributed by atoms with Gasteiger partial charge in [-0.3, -0.25) is 9.59 Å². The average molecular weight is 467 g/mol. The predicted molar refractivity (Wildman–Crippen MR) is 130 cm³/mol. The van der Waals surface area contributed by atoms with E-state index in [4.69, 9.17) is 9.84 Å². The van der Waals surface area contributed by atoms with Gasteiger partial charge >= 0.3 is 12.1 Å². The first-order valence-corrected chi connectivity index (χ1v) is 11.7. The molecule has 182 valence electrons. The standard InChI is InChI=1S/C27H34N2O5/c1-17(25(31)32)15-28-24(30)13-18(14-27(2,3)4)29-26(33)34-16-23-21-11-7-5-9-19(21)20-10-6-8-12-22(20)23/h5-12,17-18,23H,13-16H2,1-4H3,(H,28,30)(H,29,33)(H,31,32). The molecule has 0 heterocycles. The summed E-state index contributed by atoms with van der Waals surface area (Å²) in [5.74, 6) is -2.00. The minimum absolute atomic E-state index is 0.0416. The first-order chi connectivity index (χ1) is 16.0. The van der Waals surface area contributed by atoms with Crippen LogP contribution in [0.15, 0.2) is 48.5 Å². The molecule has 7 nitrogen and oxygen atoms in total. The lowest BCUT2D eigenvalue weighted by Crippen LogP contribution is -2.42. The molecule has 0 saturated carbocycles. The van der Waals surface area contributed by atoms with Crippen LogP contribution in [0.2, 0.25) is 0 Å². The fourth-order valence-corrected chi connectivity index (χ4v) is 4.37. The number of hydrogen-bond donors (Lipinski definition) is 3. The molecule has 0 saturated heterocycles. The SMILES string of the molecule is CC(CNC(=O)CC(CC(C)(C)C)NC(=O)OCC1c2ccccc2-c2ccccc21)C(=O)O. The van der Waals surface area contributed by atoms with Gasteiger partial charge in [0, 0.05) is 24.9 Å². The minimum atomic E-state index is -0.969. The van der Waals surface area contributed by atoms with Crippen molar-refractivity contribution in [1.82, 2.24) is 10.6 Å². The van der Waals surface area contributed by atoms with E-state index in [-0.39, 0.29) is 36.8 Å². The van der Waals surface area contributed by atoms with Crippen LogP contribution in [-0.4, -0.2) is 42.3 Å². The second-order valence-electron chi connectivity index (χ2n) is 10.2. The molecule has 1 aliphatic rings. The summed E-state index contributed by atoms with van der Waals surface area (Å²) in [6.07, 6.45) is 0.0511. The molecule has 0 aromatic heterocycles. The maximum atomic E-state index is 12.7. The Morgan fingerprint density at radius 3 is 2.09 bits per heavy atom. The van der Waals surface area contributed by atoms with Crippen molar-refractivity contribution in [3.8, 4) is 11.1 Å². The summed E-state index contributed by atoms with van der Waals surface area (Å²) in [6.45, 7) is 7.87. The highest BCUT2D eigenvalue weighted by Gasteiger charge is 2.30. The van der Waals surface area contributed by atoms with E-state index in [0.29, 0.717) is 6.42 Å². The monoisotopic (exact) mass is 466 g/mol. The van der Waals surface area contributed by atoms with Crippen LogP contribution in [0, 0.1) is 11.3 Å². The minimum Gasteiger partial charge on any atom is -0.481 e. The van der Waals surface area contributed by atoms with Crippen molar-refractivity contribution < 1.29 is 24.2 Å². The fourth-order valence-electron chi connectivity index (χ4n) is 4.37. The molecule has 2 amide bonds. The second kappa shape index (κ2) is 10.7. The van der Waals surface area contributed by atoms with Crippen LogP contribution in [0.3, 0.4) is 0 Å². The number of hydrogen-bond acceptors (Lipinski definition) is 4. The Morgan fingerprint density at radius 2 is 1.56 bits per heavy atom. The average Bonchev–Trinajstić information content (AvgIpc) is 3.08. The van der Waals surface area contributed by atoms with Crippen LogP contribution in [-0.2, 0) is 14.3 Å². The summed E-state index contributed by atoms with van der Waals surface area (Å²) in [7, 11) is 0. The van der Waals surface area contributed by atoms with Crippen LogP contribution in [0.25, 0.3) is 11.1 Å². The third-order valence-electron chi connectivity index (χ3n) is 5.98. The number of nitrogens with one attached hydrogen (secondary N) is 2. The summed E-state index contributed by atoms with van der Waals surface area (Å²) in [5.41, 5.74) is 4.45. The molecule has 2 unspecified atom stereocenters. The summed E-state index contributed by atoms with van der Waals surface area (Å²) in [6, 6.07) is 15.8. The predicted octanol–water partition coefficient (Wildman–Crippen LogP) is 4.56. The zero-order chi connectivity index (χ0) is 24.9. The van der Waals surface area contributed by atoms with E-state index < -0.39 is 24.0 Å². The Kier molecular flexibility index (Phi) is 7.97. The zero-order valence-electron chi connectivity index (χ0n) is 20.3. The molecule has 0 radical (unpaired) electrons. The smallest absolute Gasteiger partial charge is 0.407 e. The highest BCUT2D eigenvalue weighted by molar-refractivity contribution is 5.80. The Bertz CT molecular complexity index is 998. The Balaban J connectivity index is 1.61. The number of rotatable bonds is 9. The topological polar surface area (TPSA) is 105 Å². The molecule has 0 spiro atoms. The number of amides is 2. The summed E-state index contributed by atoms with van der Waals surface area (Å²) in [5, 5.41) is 14.5. The Hall–Kier alpha value is -3.35. The number of benzene rings is 2. The highest BCUT2D eigenvalue weighted by Crippen LogP contribution is 2.44. The zero-order valence-corrected chi connectivity index (χ0v) is 20.3. The fraction of sp³-hybridized carbons (Fsp3) is 0.444. The van der Waals surface area contributed by atoms with E-state index in [9.17, 15) is 14.4 Å². The molecular weight excluding hydrogens is 432 g/mol. The van der Waals surface area contributed by atoms with E-state index in [1.54, 1.807) is 0 Å². The summed E-state index contributed by atoms with van der Waals surface area (Å²) in [4.78, 5) is 36.1. The van der Waals surface area contributed by atoms with Crippen molar-refractivity contribution in [2.45, 2.75) is 52.5 Å². The van der Waals surface area contributed by atoms with Crippen LogP contribution in [0.5, 0.6) is 0 Å². The van der Waals surface area contributed by atoms with E-state index in [1.165, 1.54) is 6.92 Å². The van der Waals surface area contributed by atoms with Crippen molar-refractivity contribution in [2.75, 3.05) is 13.2 Å². The van der Waals surface area contributed by atoms with Crippen molar-refractivity contribution >= 4 is 18.0 Å². The number of aliphatic carboxylic acids is 1. The number of alkyl carbamates (subject to hydrolysis) is 1. The van der Waals surface area contributed by atoms with Crippen molar-refractivity contribution in [1.29, 1.82) is 0 Å². The Morgan fingerprint density at radius 1 is 1.00 bits per heavy atom. The molecule has 0 aliphatic heterocycles. The lowest BCUT2D eigenvalue weighted by molar-refractivity contribution is -0.141. The van der Waals surface area contributed by atoms with E-state index in [1.807, 2.05) is 45.0 Å². The maximum Gasteiger partial charge on any atom is 0.407 e. The first kappa shape index (κ1) is 25.3. The molecular formula is C27H34N2O5. The molecule has 2 atom stereocenters. The van der Waals surface area contributed by atoms with Crippen LogP contribution in [0.1, 0.15) is 57.6 Å². The van der Waals surface area contributed by atoms with Gasteiger partial charge in [-0.2, -0.15) is 0 Å². The number of carbonyl (C=O) groups is 3. The Labute approximate surface area is 200 Å². The van der Waals surface area contributed by atoms with E-state index in [2.05, 4.69) is 34.9 Å². The molecule has 3 N–H and O–H groups in total. The largest absolute Gasteiger partial charge is 0.481 e. The van der Waals surface area contributed by atoms with Crippen LogP contribution < -0.4 is 10.6 Å². The normalized spacial score (nSPS) is 14.5. The van der Waals surface area contributed by atoms with Gasteiger partial charge in [0.25, 0.3) is 0 Å². The molecule has 2 aromatic rings. The van der Waals surface area contributed by atoms with E-state index >= 15 is 0 Å². The number of carboxylic acids is 1. The van der Waals surface area contributed by atoms with Gasteiger partial charge in [0.05, 0.1) is 5.92 Å². The van der Waals surface area contributed by atoms with Gasteiger partial charge in [-0.15, -0.1) is 0 Å². The summed E-state index contributed by atoms with van der Waals surface area (Å²) < 4.78 is 5.64. The summed E-state index contributed by atoms with van der Waals surface area (Å²) >= 11 is 0. The van der Waals surface area contributed by atoms with Gasteiger partial charge in [0.1, 0.15) is 6.61 Å². The lowest BCUT2D eigenvalue weighted by Gasteiger charge is -2.26. The van der Waals surface area contributed by atoms with E-state index in [0.717, 1.165) is 22.3 Å². The number of ether oxygens (including phenoxy) is 1. The van der Waals surface area contributed by atoms with Crippen molar-refractivity contribution in [2.24, 2.45) is 11.3 Å². The lowest BCUT2D eigenvalue weighted by atomic mass is 9.87. The van der Waals surface area contributed by atoms with Crippen LogP contribution in [0.4, 0.5) is 4.79 Å².